The maximum Gasteiger partial charge on any atom is 0.692 e. The van der Waals surface area contributed by atoms with Crippen LogP contribution in [0.4, 0.5) is 0 Å². The number of hydrogen-bond donors (Lipinski definition) is 2. The van der Waals surface area contributed by atoms with Gasteiger partial charge >= 0.3 is 8.25 Å². The first-order valence-corrected chi connectivity index (χ1v) is 4.27. The maximum absolute atomic E-state index is 8.70. The van der Waals surface area contributed by atoms with Crippen LogP contribution < -0.4 is 4.74 Å². The normalized spacial score (nSPS) is 7.31. The molecule has 2 N–H and O–H groups in total. The van der Waals surface area contributed by atoms with Crippen LogP contribution in [-0.2, 0) is 4.57 Å². The molecule has 0 spiro atoms. The Labute approximate surface area is 78.8 Å². The summed E-state index contributed by atoms with van der Waals surface area (Å²) in [6.45, 7) is 0. The van der Waals surface area contributed by atoms with Crippen LogP contribution in [-0.4, -0.2) is 16.9 Å². The lowest BCUT2D eigenvalue weighted by Gasteiger charge is -1.93. The monoisotopic (exact) mass is 205 g/mol. The molecule has 0 heterocycles. The number of rotatable bonds is 1. The maximum atomic E-state index is 8.70. The average Bonchev–Trinajstić information content (AvgIpc) is 2.05. The molecule has 0 aliphatic carbocycles. The van der Waals surface area contributed by atoms with E-state index in [2.05, 4.69) is 0 Å². The van der Waals surface area contributed by atoms with Gasteiger partial charge in [0.25, 0.3) is 0 Å². The van der Waals surface area contributed by atoms with Crippen molar-refractivity contribution in [3.63, 3.8) is 0 Å². The Balaban J connectivity index is 0. The number of para-hydroxylation sites is 1. The molecule has 0 aliphatic rings. The van der Waals surface area contributed by atoms with E-state index in [9.17, 15) is 0 Å². The van der Waals surface area contributed by atoms with Crippen molar-refractivity contribution in [2.24, 2.45) is 0 Å². The zero-order valence-electron chi connectivity index (χ0n) is 6.54. The van der Waals surface area contributed by atoms with E-state index in [1.54, 1.807) is 7.11 Å². The number of hydrogen-bond acceptors (Lipinski definition) is 2. The summed E-state index contributed by atoms with van der Waals surface area (Å²) in [5.74, 6) is 0.910. The summed E-state index contributed by atoms with van der Waals surface area (Å²) in [4.78, 5) is 14.2. The fourth-order valence-electron chi connectivity index (χ4n) is 0.557. The quantitative estimate of drug-likeness (QED) is 0.687. The molecule has 5 heteroatoms. The minimum absolute atomic E-state index is 0. The van der Waals surface area contributed by atoms with Crippen LogP contribution in [0.1, 0.15) is 7.43 Å². The van der Waals surface area contributed by atoms with Crippen molar-refractivity contribution in [1.82, 2.24) is 0 Å². The molecule has 4 nitrogen and oxygen atoms in total. The standard InChI is InChI=1S/C7H8O.CH4.HO3P/c1-8-7-5-3-2-4-6-7;;1-4(2)3/h2-6H,1H3;1H4;(H-,1,2,3)/p+1. The fourth-order valence-corrected chi connectivity index (χ4v) is 0.557. The summed E-state index contributed by atoms with van der Waals surface area (Å²) in [6, 6.07) is 9.68. The number of methoxy groups -OCH3 is 1. The predicted molar refractivity (Wildman–Crippen MR) is 51.8 cm³/mol. The van der Waals surface area contributed by atoms with Gasteiger partial charge in [0.05, 0.1) is 7.11 Å². The Morgan fingerprint density at radius 1 is 1.23 bits per heavy atom. The summed E-state index contributed by atoms with van der Waals surface area (Å²) in [7, 11) is -1.21. The first kappa shape index (κ1) is 14.6. The summed E-state index contributed by atoms with van der Waals surface area (Å²) in [6.07, 6.45) is 0. The van der Waals surface area contributed by atoms with Gasteiger partial charge in [-0.15, -0.1) is 9.79 Å². The van der Waals surface area contributed by atoms with E-state index in [1.165, 1.54) is 0 Å². The second-order valence-electron chi connectivity index (χ2n) is 1.77. The van der Waals surface area contributed by atoms with Crippen molar-refractivity contribution in [3.05, 3.63) is 30.3 Å². The molecule has 74 valence electrons. The zero-order chi connectivity index (χ0) is 9.40. The smallest absolute Gasteiger partial charge is 0.497 e. The van der Waals surface area contributed by atoms with Crippen molar-refractivity contribution in [3.8, 4) is 5.75 Å². The lowest BCUT2D eigenvalue weighted by atomic mass is 10.3. The summed E-state index contributed by atoms with van der Waals surface area (Å²) >= 11 is 0. The van der Waals surface area contributed by atoms with E-state index in [0.717, 1.165) is 5.75 Å². The van der Waals surface area contributed by atoms with Gasteiger partial charge in [0.1, 0.15) is 5.75 Å². The van der Waals surface area contributed by atoms with E-state index in [-0.39, 0.29) is 7.43 Å². The SMILES string of the molecule is C.COc1ccccc1.O=[P+](O)O. The summed E-state index contributed by atoms with van der Waals surface area (Å²) in [5, 5.41) is 0. The molecule has 1 rings (SSSR count). The number of ether oxygens (including phenoxy) is 1. The van der Waals surface area contributed by atoms with E-state index >= 15 is 0 Å². The third-order valence-electron chi connectivity index (χ3n) is 0.979. The predicted octanol–water partition coefficient (Wildman–Crippen LogP) is 1.96. The highest BCUT2D eigenvalue weighted by atomic mass is 31.1. The van der Waals surface area contributed by atoms with Crippen LogP contribution in [0, 0.1) is 0 Å². The van der Waals surface area contributed by atoms with Gasteiger partial charge in [0.15, 0.2) is 0 Å². The molecule has 0 unspecified atom stereocenters. The second kappa shape index (κ2) is 9.13. The third kappa shape index (κ3) is 11.0. The minimum Gasteiger partial charge on any atom is -0.497 e. The molecular formula is C8H14O4P+. The van der Waals surface area contributed by atoms with E-state index in [0.29, 0.717) is 0 Å². The van der Waals surface area contributed by atoms with Crippen molar-refractivity contribution in [1.29, 1.82) is 0 Å². The molecule has 0 aliphatic heterocycles. The largest absolute Gasteiger partial charge is 0.692 e. The molecule has 0 radical (unpaired) electrons. The first-order chi connectivity index (χ1) is 5.66. The van der Waals surface area contributed by atoms with Crippen molar-refractivity contribution < 1.29 is 19.1 Å². The number of benzene rings is 1. The van der Waals surface area contributed by atoms with E-state index in [1.807, 2.05) is 30.3 Å². The molecule has 13 heavy (non-hydrogen) atoms. The van der Waals surface area contributed by atoms with Crippen molar-refractivity contribution >= 4 is 8.25 Å². The lowest BCUT2D eigenvalue weighted by Crippen LogP contribution is -1.78. The Bertz CT molecular complexity index is 221. The molecule has 0 bridgehead atoms. The summed E-state index contributed by atoms with van der Waals surface area (Å²) < 4.78 is 13.6. The molecule has 0 aromatic heterocycles. The van der Waals surface area contributed by atoms with Gasteiger partial charge in [-0.3, -0.25) is 0 Å². The second-order valence-corrected chi connectivity index (χ2v) is 2.28. The van der Waals surface area contributed by atoms with Gasteiger partial charge in [0, 0.05) is 4.57 Å². The molecule has 0 amide bonds. The summed E-state index contributed by atoms with van der Waals surface area (Å²) in [5.41, 5.74) is 0. The van der Waals surface area contributed by atoms with E-state index < -0.39 is 8.25 Å². The first-order valence-electron chi connectivity index (χ1n) is 3.11. The Hall–Kier alpha value is -0.960. The van der Waals surface area contributed by atoms with Crippen LogP contribution in [0.3, 0.4) is 0 Å². The van der Waals surface area contributed by atoms with Gasteiger partial charge in [-0.2, -0.15) is 0 Å². The van der Waals surface area contributed by atoms with Crippen molar-refractivity contribution in [2.75, 3.05) is 7.11 Å². The van der Waals surface area contributed by atoms with Gasteiger partial charge in [-0.25, -0.2) is 0 Å². The zero-order valence-corrected chi connectivity index (χ0v) is 7.44. The third-order valence-corrected chi connectivity index (χ3v) is 0.979. The van der Waals surface area contributed by atoms with Gasteiger partial charge in [-0.05, 0) is 12.1 Å². The van der Waals surface area contributed by atoms with Crippen LogP contribution >= 0.6 is 8.25 Å². The fraction of sp³-hybridized carbons (Fsp3) is 0.250. The minimum atomic E-state index is -2.87. The molecule has 1 aromatic carbocycles. The van der Waals surface area contributed by atoms with E-state index in [4.69, 9.17) is 19.1 Å². The van der Waals surface area contributed by atoms with Crippen LogP contribution in [0.5, 0.6) is 5.75 Å². The van der Waals surface area contributed by atoms with Gasteiger partial charge < -0.3 is 4.74 Å². The Morgan fingerprint density at radius 3 is 1.85 bits per heavy atom. The van der Waals surface area contributed by atoms with Crippen LogP contribution in [0.25, 0.3) is 0 Å². The highest BCUT2D eigenvalue weighted by Crippen LogP contribution is 2.05. The molecule has 0 atom stereocenters. The van der Waals surface area contributed by atoms with Crippen LogP contribution in [0.15, 0.2) is 30.3 Å². The molecule has 0 saturated carbocycles. The van der Waals surface area contributed by atoms with Crippen molar-refractivity contribution in [2.45, 2.75) is 7.43 Å². The van der Waals surface area contributed by atoms with Crippen LogP contribution in [0.2, 0.25) is 0 Å². The Morgan fingerprint density at radius 2 is 1.62 bits per heavy atom. The Kier molecular flexibility index (Phi) is 10.2. The molecule has 1 aromatic rings. The highest BCUT2D eigenvalue weighted by Gasteiger charge is 1.93. The molecule has 0 fully saturated rings. The topological polar surface area (TPSA) is 66.8 Å². The molecular weight excluding hydrogens is 191 g/mol. The average molecular weight is 205 g/mol. The highest BCUT2D eigenvalue weighted by molar-refractivity contribution is 7.30. The van der Waals surface area contributed by atoms with Gasteiger partial charge in [-0.1, -0.05) is 25.6 Å². The lowest BCUT2D eigenvalue weighted by molar-refractivity contribution is 0.405. The molecule has 0 saturated heterocycles. The van der Waals surface area contributed by atoms with Gasteiger partial charge in [0.2, 0.25) is 0 Å².